The van der Waals surface area contributed by atoms with Crippen molar-refractivity contribution in [1.82, 2.24) is 10.3 Å². The predicted octanol–water partition coefficient (Wildman–Crippen LogP) is 4.64. The van der Waals surface area contributed by atoms with Crippen molar-refractivity contribution in [2.45, 2.75) is 51.6 Å². The lowest BCUT2D eigenvalue weighted by Gasteiger charge is -2.25. The van der Waals surface area contributed by atoms with E-state index in [0.29, 0.717) is 30.5 Å². The van der Waals surface area contributed by atoms with E-state index in [2.05, 4.69) is 17.2 Å². The molecule has 2 unspecified atom stereocenters. The molecule has 8 heteroatoms. The average molecular weight is 456 g/mol. The summed E-state index contributed by atoms with van der Waals surface area (Å²) in [5.41, 5.74) is 6.83. The Kier molecular flexibility index (Phi) is 11.5. The Morgan fingerprint density at radius 3 is 2.67 bits per heavy atom. The largest absolute Gasteiger partial charge is 0.490 e. The van der Waals surface area contributed by atoms with Crippen LogP contribution in [0.2, 0.25) is 0 Å². The van der Waals surface area contributed by atoms with Crippen LogP contribution in [-0.2, 0) is 11.3 Å². The minimum Gasteiger partial charge on any atom is -0.490 e. The molecule has 0 aliphatic heterocycles. The zero-order valence-corrected chi connectivity index (χ0v) is 18.8. The Morgan fingerprint density at radius 2 is 1.93 bits per heavy atom. The van der Waals surface area contributed by atoms with Crippen molar-refractivity contribution in [2.24, 2.45) is 11.7 Å². The quantitative estimate of drug-likeness (QED) is 0.605. The van der Waals surface area contributed by atoms with Crippen LogP contribution in [0.1, 0.15) is 44.6 Å². The molecule has 0 saturated heterocycles. The summed E-state index contributed by atoms with van der Waals surface area (Å²) in [6.07, 6.45) is 6.26. The van der Waals surface area contributed by atoms with Gasteiger partial charge in [0.25, 0.3) is 0 Å². The van der Waals surface area contributed by atoms with E-state index >= 15 is 0 Å². The van der Waals surface area contributed by atoms with Crippen molar-refractivity contribution in [1.29, 1.82) is 0 Å². The van der Waals surface area contributed by atoms with Crippen LogP contribution in [0.3, 0.4) is 0 Å². The number of hydrogen-bond acceptors (Lipinski definition) is 5. The summed E-state index contributed by atoms with van der Waals surface area (Å²) in [4.78, 5) is 16.9. The molecule has 1 aliphatic rings. The van der Waals surface area contributed by atoms with Gasteiger partial charge in [-0.15, -0.1) is 24.8 Å². The molecule has 6 nitrogen and oxygen atoms in total. The molecule has 1 saturated carbocycles. The number of pyridine rings is 1. The number of amides is 1. The molecule has 3 N–H and O–H groups in total. The first kappa shape index (κ1) is 26.0. The van der Waals surface area contributed by atoms with Gasteiger partial charge in [0.05, 0.1) is 6.61 Å². The van der Waals surface area contributed by atoms with Crippen molar-refractivity contribution in [3.05, 3.63) is 48.2 Å². The summed E-state index contributed by atoms with van der Waals surface area (Å²) in [5.74, 6) is 1.81. The number of carbonyl (C=O) groups excluding carboxylic acids is 1. The van der Waals surface area contributed by atoms with Gasteiger partial charge in [-0.05, 0) is 43.9 Å². The third-order valence-corrected chi connectivity index (χ3v) is 4.91. The number of hydrogen-bond donors (Lipinski definition) is 2. The van der Waals surface area contributed by atoms with Gasteiger partial charge in [0.15, 0.2) is 11.5 Å². The maximum absolute atomic E-state index is 12.5. The van der Waals surface area contributed by atoms with Crippen molar-refractivity contribution in [2.75, 3.05) is 6.61 Å². The van der Waals surface area contributed by atoms with Gasteiger partial charge in [0.1, 0.15) is 0 Å². The Balaban J connectivity index is 0.00000225. The first-order valence-corrected chi connectivity index (χ1v) is 10.0. The first-order chi connectivity index (χ1) is 13.7. The van der Waals surface area contributed by atoms with Crippen LogP contribution in [0.25, 0.3) is 0 Å². The van der Waals surface area contributed by atoms with E-state index in [1.54, 1.807) is 6.20 Å². The number of para-hydroxylation sites is 2. The molecule has 1 amide bonds. The minimum absolute atomic E-state index is 0. The Labute approximate surface area is 190 Å². The SMILES string of the molecule is CCCOc1ccccc1Oc1ncccc1CNC(=O)C1CCCC(N)C1.Cl.Cl. The summed E-state index contributed by atoms with van der Waals surface area (Å²) in [5, 5.41) is 3.02. The van der Waals surface area contributed by atoms with Crippen LogP contribution in [0, 0.1) is 5.92 Å². The molecule has 3 rings (SSSR count). The fourth-order valence-electron chi connectivity index (χ4n) is 3.41. The normalized spacial score (nSPS) is 17.8. The standard InChI is InChI=1S/C22H29N3O3.2ClH/c1-2-13-27-19-10-3-4-11-20(19)28-22-17(8-6-12-24-22)15-25-21(26)16-7-5-9-18(23)14-16;;/h3-4,6,8,10-12,16,18H,2,5,7,9,13-15,23H2,1H3,(H,25,26);2*1H. The monoisotopic (exact) mass is 455 g/mol. The summed E-state index contributed by atoms with van der Waals surface area (Å²) < 4.78 is 11.8. The number of carbonyl (C=O) groups is 1. The number of nitrogens with one attached hydrogen (secondary N) is 1. The van der Waals surface area contributed by atoms with Crippen LogP contribution in [-0.4, -0.2) is 23.5 Å². The van der Waals surface area contributed by atoms with E-state index in [9.17, 15) is 4.79 Å². The van der Waals surface area contributed by atoms with E-state index < -0.39 is 0 Å². The number of benzene rings is 1. The summed E-state index contributed by atoms with van der Waals surface area (Å²) in [7, 11) is 0. The second-order valence-electron chi connectivity index (χ2n) is 7.21. The molecule has 2 atom stereocenters. The third kappa shape index (κ3) is 7.35. The molecule has 0 radical (unpaired) electrons. The average Bonchev–Trinajstić information content (AvgIpc) is 2.72. The van der Waals surface area contributed by atoms with Gasteiger partial charge in [0.2, 0.25) is 11.8 Å². The summed E-state index contributed by atoms with van der Waals surface area (Å²) in [6.45, 7) is 3.04. The molecule has 1 aromatic carbocycles. The van der Waals surface area contributed by atoms with Gasteiger partial charge in [0, 0.05) is 30.3 Å². The highest BCUT2D eigenvalue weighted by Crippen LogP contribution is 2.32. The van der Waals surface area contributed by atoms with Gasteiger partial charge in [-0.1, -0.05) is 31.5 Å². The fourth-order valence-corrected chi connectivity index (χ4v) is 3.41. The second kappa shape index (κ2) is 13.3. The molecule has 0 spiro atoms. The lowest BCUT2D eigenvalue weighted by atomic mass is 9.85. The predicted molar refractivity (Wildman–Crippen MR) is 123 cm³/mol. The maximum Gasteiger partial charge on any atom is 0.224 e. The zero-order chi connectivity index (χ0) is 19.8. The number of ether oxygens (including phenoxy) is 2. The molecule has 30 heavy (non-hydrogen) atoms. The van der Waals surface area contributed by atoms with Gasteiger partial charge in [-0.3, -0.25) is 4.79 Å². The fraction of sp³-hybridized carbons (Fsp3) is 0.455. The molecule has 1 aliphatic carbocycles. The number of halogens is 2. The first-order valence-electron chi connectivity index (χ1n) is 10.0. The number of aromatic nitrogens is 1. The van der Waals surface area contributed by atoms with E-state index in [-0.39, 0.29) is 42.7 Å². The molecule has 2 aromatic rings. The summed E-state index contributed by atoms with van der Waals surface area (Å²) >= 11 is 0. The Morgan fingerprint density at radius 1 is 1.17 bits per heavy atom. The van der Waals surface area contributed by atoms with E-state index in [4.69, 9.17) is 15.2 Å². The van der Waals surface area contributed by atoms with Gasteiger partial charge >= 0.3 is 0 Å². The highest BCUT2D eigenvalue weighted by molar-refractivity contribution is 5.85. The van der Waals surface area contributed by atoms with Gasteiger partial charge < -0.3 is 20.5 Å². The van der Waals surface area contributed by atoms with Crippen molar-refractivity contribution in [3.63, 3.8) is 0 Å². The maximum atomic E-state index is 12.5. The number of rotatable bonds is 8. The second-order valence-corrected chi connectivity index (χ2v) is 7.21. The highest BCUT2D eigenvalue weighted by Gasteiger charge is 2.25. The molecule has 166 valence electrons. The van der Waals surface area contributed by atoms with Crippen LogP contribution in [0.15, 0.2) is 42.6 Å². The lowest BCUT2D eigenvalue weighted by Crippen LogP contribution is -2.37. The summed E-state index contributed by atoms with van der Waals surface area (Å²) in [6, 6.07) is 11.4. The highest BCUT2D eigenvalue weighted by atomic mass is 35.5. The molecule has 0 bridgehead atoms. The van der Waals surface area contributed by atoms with Gasteiger partial charge in [-0.2, -0.15) is 0 Å². The van der Waals surface area contributed by atoms with Crippen LogP contribution >= 0.6 is 24.8 Å². The molecule has 1 fully saturated rings. The minimum atomic E-state index is -0.00652. The molecular formula is C22H31Cl2N3O3. The Bertz CT molecular complexity index is 792. The van der Waals surface area contributed by atoms with Crippen molar-refractivity contribution in [3.8, 4) is 17.4 Å². The number of nitrogens with two attached hydrogens (primary N) is 1. The molecule has 1 aromatic heterocycles. The number of nitrogens with zero attached hydrogens (tertiary/aromatic N) is 1. The van der Waals surface area contributed by atoms with Crippen molar-refractivity contribution >= 4 is 30.7 Å². The van der Waals surface area contributed by atoms with E-state index in [1.807, 2.05) is 36.4 Å². The van der Waals surface area contributed by atoms with Crippen LogP contribution in [0.5, 0.6) is 17.4 Å². The topological polar surface area (TPSA) is 86.5 Å². The van der Waals surface area contributed by atoms with Crippen molar-refractivity contribution < 1.29 is 14.3 Å². The lowest BCUT2D eigenvalue weighted by molar-refractivity contribution is -0.126. The molecule has 1 heterocycles. The van der Waals surface area contributed by atoms with E-state index in [1.165, 1.54) is 0 Å². The zero-order valence-electron chi connectivity index (χ0n) is 17.2. The molecular weight excluding hydrogens is 425 g/mol. The van der Waals surface area contributed by atoms with Crippen LogP contribution in [0.4, 0.5) is 0 Å². The van der Waals surface area contributed by atoms with E-state index in [0.717, 1.165) is 37.7 Å². The third-order valence-electron chi connectivity index (χ3n) is 4.91. The van der Waals surface area contributed by atoms with Crippen LogP contribution < -0.4 is 20.5 Å². The smallest absolute Gasteiger partial charge is 0.224 e. The van der Waals surface area contributed by atoms with Gasteiger partial charge in [-0.25, -0.2) is 4.98 Å². The Hall–Kier alpha value is -2.02.